The van der Waals surface area contributed by atoms with Crippen LogP contribution < -0.4 is 4.72 Å². The summed E-state index contributed by atoms with van der Waals surface area (Å²) in [5.74, 6) is -1.78. The van der Waals surface area contributed by atoms with Crippen molar-refractivity contribution < 1.29 is 26.7 Å². The monoisotopic (exact) mass is 557 g/mol. The molecular weight excluding hydrogens is 524 g/mol. The van der Waals surface area contributed by atoms with E-state index in [1.165, 1.54) is 0 Å². The number of nitrogens with zero attached hydrogens (tertiary/aromatic N) is 2. The van der Waals surface area contributed by atoms with Crippen molar-refractivity contribution >= 4 is 15.9 Å². The van der Waals surface area contributed by atoms with Gasteiger partial charge in [0, 0.05) is 31.7 Å². The molecule has 0 spiro atoms. The van der Waals surface area contributed by atoms with Crippen LogP contribution in [-0.2, 0) is 32.5 Å². The largest absolute Gasteiger partial charge is 0.370 e. The summed E-state index contributed by atoms with van der Waals surface area (Å²) in [6.45, 7) is 4.01. The molecule has 4 rings (SSSR count). The predicted molar refractivity (Wildman–Crippen MR) is 145 cm³/mol. The van der Waals surface area contributed by atoms with Crippen LogP contribution in [0.25, 0.3) is 0 Å². The van der Waals surface area contributed by atoms with E-state index in [0.717, 1.165) is 42.2 Å². The van der Waals surface area contributed by atoms with Gasteiger partial charge in [-0.05, 0) is 61.6 Å². The predicted octanol–water partition coefficient (Wildman–Crippen LogP) is 5.25. The number of alkyl halides is 1. The van der Waals surface area contributed by atoms with Gasteiger partial charge < -0.3 is 4.74 Å². The molecule has 2 aromatic rings. The Morgan fingerprint density at radius 2 is 1.85 bits per heavy atom. The SMILES string of the molecule is CC1(F)CC(S(=O)(=O)NC(=O)CCC2=CC=C(Cn3cccn3)CC2(C)OCCc2ccccc2)=CC=C1F. The van der Waals surface area contributed by atoms with Gasteiger partial charge in [0.15, 0.2) is 5.67 Å². The zero-order valence-corrected chi connectivity index (χ0v) is 22.9. The Kier molecular flexibility index (Phi) is 8.66. The molecule has 0 aliphatic heterocycles. The van der Waals surface area contributed by atoms with Gasteiger partial charge in [-0.25, -0.2) is 21.9 Å². The first-order valence-corrected chi connectivity index (χ1v) is 14.3. The van der Waals surface area contributed by atoms with Crippen LogP contribution in [0.4, 0.5) is 8.78 Å². The minimum absolute atomic E-state index is 0.116. The van der Waals surface area contributed by atoms with Gasteiger partial charge in [-0.2, -0.15) is 5.10 Å². The third-order valence-corrected chi connectivity index (χ3v) is 8.44. The van der Waals surface area contributed by atoms with E-state index in [-0.39, 0.29) is 17.7 Å². The fourth-order valence-corrected chi connectivity index (χ4v) is 5.99. The Balaban J connectivity index is 1.43. The molecule has 1 aromatic carbocycles. The maximum atomic E-state index is 14.3. The second kappa shape index (κ2) is 11.8. The third-order valence-electron chi connectivity index (χ3n) is 6.98. The molecule has 10 heteroatoms. The number of benzene rings is 1. The molecule has 7 nitrogen and oxygen atoms in total. The standard InChI is InChI=1S/C29H33F2N3O4S/c1-28(31)20-25(12-13-26(28)30)39(36,37)33-27(35)14-11-24-10-9-23(21-34-17-6-16-32-34)19-29(24,2)38-18-15-22-7-4-3-5-8-22/h3-10,12-13,16-17H,11,14-15,18-21H2,1-2H3,(H,33,35). The highest BCUT2D eigenvalue weighted by atomic mass is 32.2. The Hall–Kier alpha value is -3.37. The molecule has 2 atom stereocenters. The van der Waals surface area contributed by atoms with E-state index in [2.05, 4.69) is 5.10 Å². The maximum absolute atomic E-state index is 14.3. The number of nitrogens with one attached hydrogen (secondary N) is 1. The van der Waals surface area contributed by atoms with Crippen molar-refractivity contribution in [3.05, 3.63) is 101 Å². The Labute approximate surface area is 228 Å². The number of hydrogen-bond acceptors (Lipinski definition) is 5. The quantitative estimate of drug-likeness (QED) is 0.408. The molecule has 39 heavy (non-hydrogen) atoms. The lowest BCUT2D eigenvalue weighted by Gasteiger charge is -2.36. The number of carbonyl (C=O) groups is 1. The van der Waals surface area contributed by atoms with Gasteiger partial charge in [-0.15, -0.1) is 0 Å². The lowest BCUT2D eigenvalue weighted by atomic mass is 9.81. The van der Waals surface area contributed by atoms with Crippen LogP contribution in [0, 0.1) is 0 Å². The minimum Gasteiger partial charge on any atom is -0.370 e. The topological polar surface area (TPSA) is 90.3 Å². The summed E-state index contributed by atoms with van der Waals surface area (Å²) in [7, 11) is -4.30. The van der Waals surface area contributed by atoms with E-state index in [1.54, 1.807) is 6.20 Å². The van der Waals surface area contributed by atoms with Crippen LogP contribution in [0.2, 0.25) is 0 Å². The molecule has 0 bridgehead atoms. The average Bonchev–Trinajstić information content (AvgIpc) is 3.38. The van der Waals surface area contributed by atoms with Gasteiger partial charge in [-0.1, -0.05) is 42.5 Å². The zero-order chi connectivity index (χ0) is 28.1. The lowest BCUT2D eigenvalue weighted by Crippen LogP contribution is -2.37. The van der Waals surface area contributed by atoms with Crippen molar-refractivity contribution in [2.45, 2.75) is 63.8 Å². The average molecular weight is 558 g/mol. The highest BCUT2D eigenvalue weighted by Gasteiger charge is 2.38. The first-order chi connectivity index (χ1) is 18.5. The fraction of sp³-hybridized carbons (Fsp3) is 0.379. The van der Waals surface area contributed by atoms with Crippen LogP contribution in [0.15, 0.2) is 95.0 Å². The van der Waals surface area contributed by atoms with Gasteiger partial charge >= 0.3 is 0 Å². The zero-order valence-electron chi connectivity index (χ0n) is 22.1. The normalized spacial score (nSPS) is 23.4. The minimum atomic E-state index is -4.30. The number of carbonyl (C=O) groups excluding carboxylic acids is 1. The number of amides is 1. The van der Waals surface area contributed by atoms with Crippen molar-refractivity contribution in [1.82, 2.24) is 14.5 Å². The number of ether oxygens (including phenoxy) is 1. The summed E-state index contributed by atoms with van der Waals surface area (Å²) in [6.07, 6.45) is 10.1. The summed E-state index contributed by atoms with van der Waals surface area (Å²) in [4.78, 5) is 12.3. The van der Waals surface area contributed by atoms with E-state index in [1.807, 2.05) is 71.1 Å². The molecule has 1 amide bonds. The van der Waals surface area contributed by atoms with Crippen molar-refractivity contribution in [1.29, 1.82) is 0 Å². The molecule has 1 N–H and O–H groups in total. The van der Waals surface area contributed by atoms with Gasteiger partial charge in [0.1, 0.15) is 5.83 Å². The van der Waals surface area contributed by atoms with Gasteiger partial charge in [0.25, 0.3) is 10.0 Å². The number of rotatable bonds is 11. The smallest absolute Gasteiger partial charge is 0.260 e. The van der Waals surface area contributed by atoms with Crippen LogP contribution in [-0.4, -0.2) is 42.0 Å². The molecule has 2 aliphatic carbocycles. The molecule has 0 fully saturated rings. The Morgan fingerprint density at radius 3 is 2.54 bits per heavy atom. The number of aromatic nitrogens is 2. The van der Waals surface area contributed by atoms with Crippen molar-refractivity contribution in [2.24, 2.45) is 0 Å². The van der Waals surface area contributed by atoms with Crippen molar-refractivity contribution in [2.75, 3.05) is 6.61 Å². The maximum Gasteiger partial charge on any atom is 0.260 e. The summed E-state index contributed by atoms with van der Waals surface area (Å²) < 4.78 is 63.5. The summed E-state index contributed by atoms with van der Waals surface area (Å²) in [6, 6.07) is 11.8. The molecule has 2 unspecified atom stereocenters. The van der Waals surface area contributed by atoms with Crippen LogP contribution in [0.5, 0.6) is 0 Å². The first kappa shape index (κ1) is 28.6. The van der Waals surface area contributed by atoms with Gasteiger partial charge in [0.05, 0.1) is 23.7 Å². The van der Waals surface area contributed by atoms with Crippen molar-refractivity contribution in [3.8, 4) is 0 Å². The fourth-order valence-electron chi connectivity index (χ4n) is 4.75. The molecule has 1 heterocycles. The van der Waals surface area contributed by atoms with Gasteiger partial charge in [-0.3, -0.25) is 9.48 Å². The molecule has 208 valence electrons. The van der Waals surface area contributed by atoms with Crippen LogP contribution >= 0.6 is 0 Å². The second-order valence-corrected chi connectivity index (χ2v) is 12.0. The summed E-state index contributed by atoms with van der Waals surface area (Å²) in [5, 5.41) is 4.28. The number of halogens is 2. The highest BCUT2D eigenvalue weighted by molar-refractivity contribution is 7.93. The molecule has 0 saturated heterocycles. The van der Waals surface area contributed by atoms with Crippen LogP contribution in [0.1, 0.15) is 45.1 Å². The number of hydrogen-bond donors (Lipinski definition) is 1. The van der Waals surface area contributed by atoms with E-state index < -0.39 is 39.4 Å². The van der Waals surface area contributed by atoms with Gasteiger partial charge in [0.2, 0.25) is 5.91 Å². The Bertz CT molecular complexity index is 1410. The summed E-state index contributed by atoms with van der Waals surface area (Å²) >= 11 is 0. The Morgan fingerprint density at radius 1 is 1.08 bits per heavy atom. The number of allylic oxidation sites excluding steroid dienone is 6. The highest BCUT2D eigenvalue weighted by Crippen LogP contribution is 2.37. The number of sulfonamides is 1. The van der Waals surface area contributed by atoms with E-state index in [9.17, 15) is 22.0 Å². The molecule has 0 radical (unpaired) electrons. The van der Waals surface area contributed by atoms with Crippen LogP contribution in [0.3, 0.4) is 0 Å². The molecular formula is C29H33F2N3O4S. The molecule has 1 aromatic heterocycles. The second-order valence-electron chi connectivity index (χ2n) is 10.3. The third kappa shape index (κ3) is 7.39. The molecule has 0 saturated carbocycles. The van der Waals surface area contributed by atoms with E-state index >= 15 is 0 Å². The molecule has 2 aliphatic rings. The first-order valence-electron chi connectivity index (χ1n) is 12.8. The van der Waals surface area contributed by atoms with E-state index in [4.69, 9.17) is 4.74 Å². The van der Waals surface area contributed by atoms with E-state index in [0.29, 0.717) is 19.6 Å². The summed E-state index contributed by atoms with van der Waals surface area (Å²) in [5.41, 5.74) is -0.0138. The van der Waals surface area contributed by atoms with Crippen molar-refractivity contribution in [3.63, 3.8) is 0 Å². The lowest BCUT2D eigenvalue weighted by molar-refractivity contribution is -0.119.